The average Bonchev–Trinajstić information content (AvgIpc) is 2.53. The van der Waals surface area contributed by atoms with Gasteiger partial charge in [0, 0.05) is 7.11 Å². The minimum atomic E-state index is -4.64. The molecule has 10 heteroatoms. The second kappa shape index (κ2) is 7.14. The van der Waals surface area contributed by atoms with Crippen LogP contribution in [-0.4, -0.2) is 31.2 Å². The molecule has 1 N–H and O–H groups in total. The fourth-order valence-electron chi connectivity index (χ4n) is 1.90. The van der Waals surface area contributed by atoms with Crippen LogP contribution in [0.5, 0.6) is 0 Å². The lowest BCUT2D eigenvalue weighted by Gasteiger charge is -2.16. The molecule has 1 aromatic heterocycles. The number of ether oxygens (including phenoxy) is 1. The van der Waals surface area contributed by atoms with Crippen LogP contribution in [0, 0.1) is 0 Å². The molecular weight excluding hydrogens is 347 g/mol. The van der Waals surface area contributed by atoms with Gasteiger partial charge in [-0.2, -0.15) is 13.2 Å². The molecule has 6 nitrogen and oxygen atoms in total. The van der Waals surface area contributed by atoms with E-state index in [1.807, 2.05) is 0 Å². The molecule has 0 aliphatic heterocycles. The number of alkyl halides is 3. The van der Waals surface area contributed by atoms with E-state index < -0.39 is 33.8 Å². The molecule has 1 heterocycles. The molecule has 0 aliphatic rings. The number of rotatable bonds is 6. The van der Waals surface area contributed by atoms with Crippen molar-refractivity contribution in [2.45, 2.75) is 12.3 Å². The molecule has 1 atom stereocenters. The number of aromatic nitrogens is 2. The van der Waals surface area contributed by atoms with Gasteiger partial charge in [-0.3, -0.25) is 4.72 Å². The lowest BCUT2D eigenvalue weighted by Crippen LogP contribution is -2.23. The van der Waals surface area contributed by atoms with Gasteiger partial charge in [-0.15, -0.1) is 0 Å². The molecule has 0 fully saturated rings. The van der Waals surface area contributed by atoms with Crippen LogP contribution in [-0.2, 0) is 20.9 Å². The van der Waals surface area contributed by atoms with Crippen LogP contribution < -0.4 is 4.72 Å². The molecular formula is C14H14F3N3O3S. The van der Waals surface area contributed by atoms with Crippen molar-refractivity contribution in [2.24, 2.45) is 0 Å². The Labute approximate surface area is 136 Å². The third kappa shape index (κ3) is 4.90. The number of benzene rings is 1. The van der Waals surface area contributed by atoms with Crippen LogP contribution in [0.4, 0.5) is 19.0 Å². The van der Waals surface area contributed by atoms with Gasteiger partial charge >= 0.3 is 6.18 Å². The third-order valence-corrected chi connectivity index (χ3v) is 4.29. The van der Waals surface area contributed by atoms with Gasteiger partial charge in [0.2, 0.25) is 10.0 Å². The summed E-state index contributed by atoms with van der Waals surface area (Å²) in [5, 5.41) is 0. The monoisotopic (exact) mass is 361 g/mol. The van der Waals surface area contributed by atoms with E-state index in [2.05, 4.69) is 14.7 Å². The second-order valence-corrected chi connectivity index (χ2v) is 6.57. The number of halogens is 3. The zero-order chi connectivity index (χ0) is 17.8. The van der Waals surface area contributed by atoms with Crippen molar-refractivity contribution in [2.75, 3.05) is 17.6 Å². The highest BCUT2D eigenvalue weighted by atomic mass is 32.2. The first-order chi connectivity index (χ1) is 11.2. The number of anilines is 1. The summed E-state index contributed by atoms with van der Waals surface area (Å²) in [7, 11) is -2.53. The van der Waals surface area contributed by atoms with Crippen molar-refractivity contribution in [1.82, 2.24) is 9.97 Å². The zero-order valence-corrected chi connectivity index (χ0v) is 13.3. The Morgan fingerprint density at radius 1 is 1.17 bits per heavy atom. The van der Waals surface area contributed by atoms with E-state index in [4.69, 9.17) is 4.74 Å². The fraction of sp³-hybridized carbons (Fsp3) is 0.286. The van der Waals surface area contributed by atoms with Gasteiger partial charge in [-0.1, -0.05) is 30.3 Å². The van der Waals surface area contributed by atoms with E-state index in [1.165, 1.54) is 7.11 Å². The Bertz CT molecular complexity index is 765. The predicted octanol–water partition coefficient (Wildman–Crippen LogP) is 2.62. The summed E-state index contributed by atoms with van der Waals surface area (Å²) in [6.07, 6.45) is -4.20. The van der Waals surface area contributed by atoms with Crippen molar-refractivity contribution in [3.8, 4) is 0 Å². The predicted molar refractivity (Wildman–Crippen MR) is 80.6 cm³/mol. The molecule has 0 radical (unpaired) electrons. The summed E-state index contributed by atoms with van der Waals surface area (Å²) in [5.74, 6) is -0.720. The van der Waals surface area contributed by atoms with Crippen LogP contribution >= 0.6 is 0 Å². The van der Waals surface area contributed by atoms with Crippen LogP contribution in [0.2, 0.25) is 0 Å². The number of hydrogen-bond donors (Lipinski definition) is 1. The highest BCUT2D eigenvalue weighted by Crippen LogP contribution is 2.27. The first-order valence-corrected chi connectivity index (χ1v) is 8.34. The molecule has 1 aromatic carbocycles. The van der Waals surface area contributed by atoms with Crippen LogP contribution in [0.1, 0.15) is 17.4 Å². The van der Waals surface area contributed by atoms with Gasteiger partial charge in [0.25, 0.3) is 0 Å². The van der Waals surface area contributed by atoms with Gasteiger partial charge in [-0.25, -0.2) is 18.4 Å². The summed E-state index contributed by atoms with van der Waals surface area (Å²) in [5.41, 5.74) is -0.548. The van der Waals surface area contributed by atoms with E-state index in [0.29, 0.717) is 18.0 Å². The normalized spacial score (nSPS) is 13.5. The summed E-state index contributed by atoms with van der Waals surface area (Å²) < 4.78 is 68.8. The molecule has 0 aliphatic carbocycles. The molecule has 0 bridgehead atoms. The summed E-state index contributed by atoms with van der Waals surface area (Å²) >= 11 is 0. The van der Waals surface area contributed by atoms with E-state index in [-0.39, 0.29) is 5.82 Å². The van der Waals surface area contributed by atoms with Crippen molar-refractivity contribution in [3.63, 3.8) is 0 Å². The van der Waals surface area contributed by atoms with Crippen LogP contribution in [0.3, 0.4) is 0 Å². The molecule has 1 unspecified atom stereocenters. The Morgan fingerprint density at radius 3 is 2.33 bits per heavy atom. The van der Waals surface area contributed by atoms with Crippen molar-refractivity contribution in [1.29, 1.82) is 0 Å². The summed E-state index contributed by atoms with van der Waals surface area (Å²) in [6, 6.07) is 8.68. The minimum Gasteiger partial charge on any atom is -0.376 e. The Morgan fingerprint density at radius 2 is 1.83 bits per heavy atom. The van der Waals surface area contributed by atoms with E-state index in [1.54, 1.807) is 30.3 Å². The van der Waals surface area contributed by atoms with Crippen molar-refractivity contribution >= 4 is 15.8 Å². The maximum Gasteiger partial charge on any atom is 0.434 e. The number of hydrogen-bond acceptors (Lipinski definition) is 5. The Kier molecular flexibility index (Phi) is 5.40. The highest BCUT2D eigenvalue weighted by molar-refractivity contribution is 7.92. The number of methoxy groups -OCH3 is 1. The van der Waals surface area contributed by atoms with E-state index in [0.717, 1.165) is 0 Å². The van der Waals surface area contributed by atoms with Gasteiger partial charge in [0.15, 0.2) is 11.5 Å². The maximum atomic E-state index is 12.4. The van der Waals surface area contributed by atoms with Gasteiger partial charge < -0.3 is 4.74 Å². The molecule has 0 saturated carbocycles. The van der Waals surface area contributed by atoms with Gasteiger partial charge in [-0.05, 0) is 5.56 Å². The average molecular weight is 361 g/mol. The molecule has 24 heavy (non-hydrogen) atoms. The smallest absolute Gasteiger partial charge is 0.376 e. The summed E-state index contributed by atoms with van der Waals surface area (Å²) in [6.45, 7) is 0. The van der Waals surface area contributed by atoms with Crippen LogP contribution in [0.25, 0.3) is 0 Å². The van der Waals surface area contributed by atoms with Gasteiger partial charge in [0.05, 0.1) is 24.3 Å². The van der Waals surface area contributed by atoms with Crippen LogP contribution in [0.15, 0.2) is 42.7 Å². The first-order valence-electron chi connectivity index (χ1n) is 6.69. The quantitative estimate of drug-likeness (QED) is 0.855. The molecule has 0 saturated heterocycles. The third-order valence-electron chi connectivity index (χ3n) is 3.03. The lowest BCUT2D eigenvalue weighted by molar-refractivity contribution is -0.141. The molecule has 130 valence electrons. The largest absolute Gasteiger partial charge is 0.434 e. The minimum absolute atomic E-state index is 0.300. The first kappa shape index (κ1) is 18.1. The SMILES string of the molecule is COC(CS(=O)(=O)Nc1cnc(C(F)(F)F)cn1)c1ccccc1. The molecule has 0 amide bonds. The Balaban J connectivity index is 2.10. The van der Waals surface area contributed by atoms with E-state index >= 15 is 0 Å². The van der Waals surface area contributed by atoms with Gasteiger partial charge in [0.1, 0.15) is 0 Å². The van der Waals surface area contributed by atoms with Crippen molar-refractivity contribution < 1.29 is 26.3 Å². The number of nitrogens with one attached hydrogen (secondary N) is 1. The van der Waals surface area contributed by atoms with Crippen molar-refractivity contribution in [3.05, 3.63) is 54.0 Å². The highest BCUT2D eigenvalue weighted by Gasteiger charge is 2.33. The number of sulfonamides is 1. The fourth-order valence-corrected chi connectivity index (χ4v) is 3.13. The number of nitrogens with zero attached hydrogens (tertiary/aromatic N) is 2. The molecule has 0 spiro atoms. The zero-order valence-electron chi connectivity index (χ0n) is 12.5. The standard InChI is InChI=1S/C14H14F3N3O3S/c1-23-11(10-5-3-2-4-6-10)9-24(21,22)20-13-8-18-12(7-19-13)14(15,16)17/h2-8,11H,9H2,1H3,(H,19,20). The maximum absolute atomic E-state index is 12.4. The second-order valence-electron chi connectivity index (χ2n) is 4.80. The summed E-state index contributed by atoms with van der Waals surface area (Å²) in [4.78, 5) is 6.57. The molecule has 2 aromatic rings. The van der Waals surface area contributed by atoms with E-state index in [9.17, 15) is 21.6 Å². The lowest BCUT2D eigenvalue weighted by atomic mass is 10.1. The Hall–Kier alpha value is -2.20. The topological polar surface area (TPSA) is 81.2 Å². The molecule has 2 rings (SSSR count).